The molecule has 3 rings (SSSR count). The second-order valence-electron chi connectivity index (χ2n) is 5.88. The van der Waals surface area contributed by atoms with Crippen molar-refractivity contribution in [2.75, 3.05) is 11.4 Å². The molecule has 146 valence electrons. The lowest BCUT2D eigenvalue weighted by molar-refractivity contribution is -0.137. The third kappa shape index (κ3) is 4.57. The Morgan fingerprint density at radius 3 is 2.29 bits per heavy atom. The van der Waals surface area contributed by atoms with Crippen LogP contribution in [0.4, 0.5) is 29.1 Å². The van der Waals surface area contributed by atoms with E-state index in [1.54, 1.807) is 6.92 Å². The summed E-state index contributed by atoms with van der Waals surface area (Å²) in [7, 11) is 0. The van der Waals surface area contributed by atoms with Crippen LogP contribution in [0.3, 0.4) is 0 Å². The summed E-state index contributed by atoms with van der Waals surface area (Å²) in [6.07, 6.45) is -3.95. The first-order valence-corrected chi connectivity index (χ1v) is 8.52. The molecule has 0 aliphatic rings. The van der Waals surface area contributed by atoms with Gasteiger partial charge in [0.05, 0.1) is 0 Å². The number of rotatable bonds is 6. The number of hydrogen-bond acceptors (Lipinski definition) is 4. The van der Waals surface area contributed by atoms with E-state index >= 15 is 0 Å². The third-order valence-electron chi connectivity index (χ3n) is 3.97. The Morgan fingerprint density at radius 2 is 1.68 bits per heavy atom. The molecule has 2 aromatic carbocycles. The van der Waals surface area contributed by atoms with Gasteiger partial charge in [-0.2, -0.15) is 18.2 Å². The number of anilines is 2. The Kier molecular flexibility index (Phi) is 5.77. The average Bonchev–Trinajstić information content (AvgIpc) is 2.68. The summed E-state index contributed by atoms with van der Waals surface area (Å²) in [4.78, 5) is 9.04. The van der Waals surface area contributed by atoms with Crippen LogP contribution >= 0.6 is 0 Å². The Bertz CT molecular complexity index is 915. The zero-order valence-corrected chi connectivity index (χ0v) is 14.9. The summed E-state index contributed by atoms with van der Waals surface area (Å²) in [5.41, 5.74) is 0.214. The van der Waals surface area contributed by atoms with Gasteiger partial charge in [0.2, 0.25) is 0 Å². The van der Waals surface area contributed by atoms with Crippen LogP contribution in [-0.4, -0.2) is 16.5 Å². The zero-order chi connectivity index (χ0) is 20.1. The van der Waals surface area contributed by atoms with Crippen molar-refractivity contribution in [1.29, 1.82) is 0 Å². The molecule has 0 bridgehead atoms. The first-order chi connectivity index (χ1) is 13.4. The first kappa shape index (κ1) is 19.6. The molecule has 0 aliphatic heterocycles. The van der Waals surface area contributed by atoms with E-state index in [4.69, 9.17) is 4.74 Å². The van der Waals surface area contributed by atoms with Crippen molar-refractivity contribution in [3.8, 4) is 6.01 Å². The highest BCUT2D eigenvalue weighted by Crippen LogP contribution is 2.38. The van der Waals surface area contributed by atoms with Gasteiger partial charge in [-0.15, -0.1) is 0 Å². The average molecular weight is 391 g/mol. The fourth-order valence-electron chi connectivity index (χ4n) is 2.63. The van der Waals surface area contributed by atoms with Gasteiger partial charge in [0.1, 0.15) is 18.0 Å². The molecular weight excluding hydrogens is 374 g/mol. The predicted molar refractivity (Wildman–Crippen MR) is 96.9 cm³/mol. The molecule has 0 fully saturated rings. The highest BCUT2D eigenvalue weighted by atomic mass is 19.4. The lowest BCUT2D eigenvalue weighted by atomic mass is 10.2. The quantitative estimate of drug-likeness (QED) is 0.530. The normalized spacial score (nSPS) is 11.3. The lowest BCUT2D eigenvalue weighted by Gasteiger charge is -2.25. The van der Waals surface area contributed by atoms with Crippen LogP contribution in [-0.2, 0) is 12.8 Å². The number of aromatic nitrogens is 2. The van der Waals surface area contributed by atoms with Crippen LogP contribution in [0.1, 0.15) is 18.1 Å². The molecule has 28 heavy (non-hydrogen) atoms. The Morgan fingerprint density at radius 1 is 1.00 bits per heavy atom. The third-order valence-corrected chi connectivity index (χ3v) is 3.97. The van der Waals surface area contributed by atoms with Gasteiger partial charge in [-0.1, -0.05) is 30.3 Å². The number of hydrogen-bond donors (Lipinski definition) is 0. The van der Waals surface area contributed by atoms with Gasteiger partial charge in [-0.05, 0) is 36.8 Å². The van der Waals surface area contributed by atoms with Crippen LogP contribution in [0.5, 0.6) is 6.01 Å². The second-order valence-corrected chi connectivity index (χ2v) is 5.88. The minimum Gasteiger partial charge on any atom is -0.459 e. The molecule has 0 amide bonds. The summed E-state index contributed by atoms with van der Waals surface area (Å²) >= 11 is 0. The minimum absolute atomic E-state index is 0.119. The largest absolute Gasteiger partial charge is 0.459 e. The zero-order valence-electron chi connectivity index (χ0n) is 14.9. The SMILES string of the molecule is CCN(c1ccc(F)cc1)c1nc(OCc2ccccc2)ncc1C(F)(F)F. The van der Waals surface area contributed by atoms with Crippen LogP contribution in [0.2, 0.25) is 0 Å². The van der Waals surface area contributed by atoms with Crippen molar-refractivity contribution in [1.82, 2.24) is 9.97 Å². The number of nitrogens with zero attached hydrogens (tertiary/aromatic N) is 3. The van der Waals surface area contributed by atoms with Crippen molar-refractivity contribution in [2.24, 2.45) is 0 Å². The van der Waals surface area contributed by atoms with E-state index < -0.39 is 17.6 Å². The van der Waals surface area contributed by atoms with E-state index in [0.29, 0.717) is 11.9 Å². The van der Waals surface area contributed by atoms with Gasteiger partial charge in [-0.25, -0.2) is 9.37 Å². The first-order valence-electron chi connectivity index (χ1n) is 8.52. The van der Waals surface area contributed by atoms with Crippen LogP contribution in [0.15, 0.2) is 60.8 Å². The molecule has 0 aliphatic carbocycles. The molecule has 3 aromatic rings. The fraction of sp³-hybridized carbons (Fsp3) is 0.200. The van der Waals surface area contributed by atoms with Crippen molar-refractivity contribution >= 4 is 11.5 Å². The number of alkyl halides is 3. The summed E-state index contributed by atoms with van der Waals surface area (Å²) < 4.78 is 59.2. The highest BCUT2D eigenvalue weighted by molar-refractivity contribution is 5.63. The molecule has 0 saturated carbocycles. The number of benzene rings is 2. The van der Waals surface area contributed by atoms with Gasteiger partial charge in [0.25, 0.3) is 0 Å². The molecule has 4 nitrogen and oxygen atoms in total. The second kappa shape index (κ2) is 8.24. The number of ether oxygens (including phenoxy) is 1. The van der Waals surface area contributed by atoms with Crippen LogP contribution in [0.25, 0.3) is 0 Å². The van der Waals surface area contributed by atoms with E-state index in [2.05, 4.69) is 9.97 Å². The van der Waals surface area contributed by atoms with Crippen molar-refractivity contribution in [3.05, 3.63) is 77.7 Å². The summed E-state index contributed by atoms with van der Waals surface area (Å²) in [6.45, 7) is 1.98. The Labute approximate surface area is 159 Å². The highest BCUT2D eigenvalue weighted by Gasteiger charge is 2.37. The molecule has 0 N–H and O–H groups in total. The van der Waals surface area contributed by atoms with E-state index in [9.17, 15) is 17.6 Å². The smallest absolute Gasteiger partial charge is 0.421 e. The van der Waals surface area contributed by atoms with Gasteiger partial charge in [0.15, 0.2) is 5.82 Å². The monoisotopic (exact) mass is 391 g/mol. The van der Waals surface area contributed by atoms with Crippen molar-refractivity contribution < 1.29 is 22.3 Å². The van der Waals surface area contributed by atoms with Gasteiger partial charge in [0, 0.05) is 18.4 Å². The number of halogens is 4. The van der Waals surface area contributed by atoms with Crippen molar-refractivity contribution in [3.63, 3.8) is 0 Å². The standard InChI is InChI=1S/C20H17F4N3O/c1-2-27(16-10-8-15(21)9-11-16)18-17(20(22,23)24)12-25-19(26-18)28-13-14-6-4-3-5-7-14/h3-12H,2,13H2,1H3. The van der Waals surface area contributed by atoms with Crippen molar-refractivity contribution in [2.45, 2.75) is 19.7 Å². The minimum atomic E-state index is -4.65. The van der Waals surface area contributed by atoms with Crippen LogP contribution in [0, 0.1) is 5.82 Å². The van der Waals surface area contributed by atoms with Gasteiger partial charge in [-0.3, -0.25) is 0 Å². The molecule has 0 saturated heterocycles. The molecule has 1 aromatic heterocycles. The van der Waals surface area contributed by atoms with E-state index in [1.807, 2.05) is 30.3 Å². The summed E-state index contributed by atoms with van der Waals surface area (Å²) in [6, 6.07) is 14.1. The fourth-order valence-corrected chi connectivity index (χ4v) is 2.63. The molecule has 0 atom stereocenters. The van der Waals surface area contributed by atoms with E-state index in [0.717, 1.165) is 5.56 Å². The maximum absolute atomic E-state index is 13.5. The van der Waals surface area contributed by atoms with Gasteiger partial charge < -0.3 is 9.64 Å². The van der Waals surface area contributed by atoms with Gasteiger partial charge >= 0.3 is 12.2 Å². The molecule has 1 heterocycles. The lowest BCUT2D eigenvalue weighted by Crippen LogP contribution is -2.23. The maximum Gasteiger partial charge on any atom is 0.421 e. The molecule has 0 radical (unpaired) electrons. The Hall–Kier alpha value is -3.16. The van der Waals surface area contributed by atoms with E-state index in [1.165, 1.54) is 29.2 Å². The topological polar surface area (TPSA) is 38.2 Å². The summed E-state index contributed by atoms with van der Waals surface area (Å²) in [5.74, 6) is -0.829. The summed E-state index contributed by atoms with van der Waals surface area (Å²) in [5, 5.41) is 0. The Balaban J connectivity index is 1.96. The van der Waals surface area contributed by atoms with Crippen LogP contribution < -0.4 is 9.64 Å². The van der Waals surface area contributed by atoms with E-state index in [-0.39, 0.29) is 25.0 Å². The molecular formula is C20H17F4N3O. The maximum atomic E-state index is 13.5. The molecule has 0 unspecified atom stereocenters. The molecule has 0 spiro atoms. The predicted octanol–water partition coefficient (Wildman–Crippen LogP) is 5.37. The molecule has 8 heteroatoms.